The van der Waals surface area contributed by atoms with Crippen molar-refractivity contribution in [1.29, 1.82) is 0 Å². The van der Waals surface area contributed by atoms with Gasteiger partial charge in [-0.05, 0) is 31.5 Å². The minimum absolute atomic E-state index is 0.391. The molecule has 0 atom stereocenters. The highest BCUT2D eigenvalue weighted by Crippen LogP contribution is 2.20. The maximum absolute atomic E-state index is 11.5. The Hall–Kier alpha value is -2.20. The molecule has 1 aromatic heterocycles. The van der Waals surface area contributed by atoms with Crippen LogP contribution in [0.4, 0.5) is 0 Å². The van der Waals surface area contributed by atoms with Crippen molar-refractivity contribution >= 4 is 5.91 Å². The molecule has 0 radical (unpaired) electrons. The highest BCUT2D eigenvalue weighted by molar-refractivity contribution is 5.94. The molecule has 0 fully saturated rings. The molecule has 0 spiro atoms. The molecule has 0 bridgehead atoms. The lowest BCUT2D eigenvalue weighted by molar-refractivity contribution is 0.0734. The van der Waals surface area contributed by atoms with Crippen LogP contribution in [-0.2, 0) is 12.0 Å². The predicted octanol–water partition coefficient (Wildman–Crippen LogP) is 2.00. The monoisotopic (exact) mass is 270 g/mol. The largest absolute Gasteiger partial charge is 0.384 e. The summed E-state index contributed by atoms with van der Waals surface area (Å²) in [6.07, 6.45) is 0.503. The second kappa shape index (κ2) is 5.43. The second-order valence-corrected chi connectivity index (χ2v) is 5.28. The fraction of sp³-hybridized carbons (Fsp3) is 0.250. The summed E-state index contributed by atoms with van der Waals surface area (Å²) in [4.78, 5) is 15.9. The Morgan fingerprint density at radius 1 is 1.20 bits per heavy atom. The van der Waals surface area contributed by atoms with Gasteiger partial charge in [0, 0.05) is 6.42 Å². The Bertz CT molecular complexity index is 616. The molecule has 0 aliphatic rings. The number of carbonyl (C=O) groups excluding carboxylic acids is 1. The molecule has 2 aromatic rings. The highest BCUT2D eigenvalue weighted by Gasteiger charge is 2.20. The van der Waals surface area contributed by atoms with Gasteiger partial charge >= 0.3 is 0 Å². The first-order valence-corrected chi connectivity index (χ1v) is 6.44. The van der Waals surface area contributed by atoms with Crippen molar-refractivity contribution in [1.82, 2.24) is 4.98 Å². The lowest BCUT2D eigenvalue weighted by Crippen LogP contribution is -2.21. The SMILES string of the molecule is CC(C)(O)c1ccc(C(N)=O)c(Cc2ccccc2)n1. The van der Waals surface area contributed by atoms with E-state index in [0.29, 0.717) is 23.4 Å². The molecule has 4 nitrogen and oxygen atoms in total. The van der Waals surface area contributed by atoms with Gasteiger partial charge < -0.3 is 10.8 Å². The summed E-state index contributed by atoms with van der Waals surface area (Å²) in [5, 5.41) is 10.0. The van der Waals surface area contributed by atoms with Crippen molar-refractivity contribution in [3.8, 4) is 0 Å². The Morgan fingerprint density at radius 2 is 1.85 bits per heavy atom. The van der Waals surface area contributed by atoms with Crippen molar-refractivity contribution in [2.24, 2.45) is 5.73 Å². The molecule has 20 heavy (non-hydrogen) atoms. The van der Waals surface area contributed by atoms with Gasteiger partial charge in [-0.15, -0.1) is 0 Å². The summed E-state index contributed by atoms with van der Waals surface area (Å²) < 4.78 is 0. The van der Waals surface area contributed by atoms with E-state index >= 15 is 0 Å². The minimum Gasteiger partial charge on any atom is -0.384 e. The number of nitrogens with two attached hydrogens (primary N) is 1. The van der Waals surface area contributed by atoms with Gasteiger partial charge in [-0.3, -0.25) is 9.78 Å². The number of benzene rings is 1. The van der Waals surface area contributed by atoms with E-state index in [9.17, 15) is 9.90 Å². The number of hydrogen-bond donors (Lipinski definition) is 2. The Balaban J connectivity index is 2.45. The number of aliphatic hydroxyl groups is 1. The normalized spacial score (nSPS) is 11.3. The summed E-state index contributed by atoms with van der Waals surface area (Å²) in [5.74, 6) is -0.509. The third-order valence-electron chi connectivity index (χ3n) is 3.08. The van der Waals surface area contributed by atoms with Gasteiger partial charge in [-0.2, -0.15) is 0 Å². The van der Waals surface area contributed by atoms with E-state index in [2.05, 4.69) is 4.98 Å². The molecule has 1 aromatic carbocycles. The number of pyridine rings is 1. The van der Waals surface area contributed by atoms with Gasteiger partial charge in [0.15, 0.2) is 0 Å². The number of rotatable bonds is 4. The topological polar surface area (TPSA) is 76.2 Å². The molecule has 4 heteroatoms. The van der Waals surface area contributed by atoms with Crippen LogP contribution in [-0.4, -0.2) is 16.0 Å². The summed E-state index contributed by atoms with van der Waals surface area (Å²) in [6.45, 7) is 3.32. The van der Waals surface area contributed by atoms with Crippen LogP contribution < -0.4 is 5.73 Å². The molecule has 1 heterocycles. The van der Waals surface area contributed by atoms with Crippen LogP contribution >= 0.6 is 0 Å². The second-order valence-electron chi connectivity index (χ2n) is 5.28. The van der Waals surface area contributed by atoms with Crippen molar-refractivity contribution < 1.29 is 9.90 Å². The first kappa shape index (κ1) is 14.2. The summed E-state index contributed by atoms with van der Waals surface area (Å²) in [5.41, 5.74) is 6.87. The van der Waals surface area contributed by atoms with Crippen LogP contribution in [0, 0.1) is 0 Å². The smallest absolute Gasteiger partial charge is 0.250 e. The van der Waals surface area contributed by atoms with E-state index < -0.39 is 11.5 Å². The average molecular weight is 270 g/mol. The number of carbonyl (C=O) groups is 1. The third-order valence-corrected chi connectivity index (χ3v) is 3.08. The molecule has 2 rings (SSSR count). The fourth-order valence-electron chi connectivity index (χ4n) is 1.99. The Morgan fingerprint density at radius 3 is 2.40 bits per heavy atom. The summed E-state index contributed by atoms with van der Waals surface area (Å²) in [6, 6.07) is 13.0. The summed E-state index contributed by atoms with van der Waals surface area (Å²) >= 11 is 0. The van der Waals surface area contributed by atoms with Gasteiger partial charge in [0.1, 0.15) is 5.60 Å². The molecule has 1 amide bonds. The molecule has 104 valence electrons. The number of amides is 1. The van der Waals surface area contributed by atoms with E-state index in [1.165, 1.54) is 0 Å². The van der Waals surface area contributed by atoms with Crippen LogP contribution in [0.1, 0.15) is 41.2 Å². The minimum atomic E-state index is -1.05. The zero-order valence-corrected chi connectivity index (χ0v) is 11.6. The maximum atomic E-state index is 11.5. The summed E-state index contributed by atoms with van der Waals surface area (Å²) in [7, 11) is 0. The van der Waals surface area contributed by atoms with Crippen LogP contribution in [0.3, 0.4) is 0 Å². The Kier molecular flexibility index (Phi) is 3.86. The standard InChI is InChI=1S/C16H18N2O2/c1-16(2,20)14-9-8-12(15(17)19)13(18-14)10-11-6-4-3-5-7-11/h3-9,20H,10H2,1-2H3,(H2,17,19). The van der Waals surface area contributed by atoms with Crippen molar-refractivity contribution in [2.45, 2.75) is 25.9 Å². The average Bonchev–Trinajstić information content (AvgIpc) is 2.38. The molecule has 0 saturated heterocycles. The number of nitrogens with zero attached hydrogens (tertiary/aromatic N) is 1. The van der Waals surface area contributed by atoms with Crippen molar-refractivity contribution in [3.63, 3.8) is 0 Å². The van der Waals surface area contributed by atoms with Gasteiger partial charge in [-0.25, -0.2) is 0 Å². The zero-order valence-electron chi connectivity index (χ0n) is 11.6. The molecule has 0 saturated carbocycles. The molecule has 0 aliphatic heterocycles. The van der Waals surface area contributed by atoms with Gasteiger partial charge in [0.25, 0.3) is 5.91 Å². The van der Waals surface area contributed by atoms with Crippen LogP contribution in [0.5, 0.6) is 0 Å². The predicted molar refractivity (Wildman–Crippen MR) is 77.2 cm³/mol. The molecular weight excluding hydrogens is 252 g/mol. The van der Waals surface area contributed by atoms with E-state index in [-0.39, 0.29) is 0 Å². The molecule has 3 N–H and O–H groups in total. The first-order valence-electron chi connectivity index (χ1n) is 6.44. The van der Waals surface area contributed by atoms with Gasteiger partial charge in [0.05, 0.1) is 17.0 Å². The molecule has 0 aliphatic carbocycles. The fourth-order valence-corrected chi connectivity index (χ4v) is 1.99. The first-order chi connectivity index (χ1) is 9.38. The van der Waals surface area contributed by atoms with Crippen LogP contribution in [0.25, 0.3) is 0 Å². The highest BCUT2D eigenvalue weighted by atomic mass is 16.3. The Labute approximate surface area is 118 Å². The van der Waals surface area contributed by atoms with Crippen molar-refractivity contribution in [3.05, 3.63) is 65.0 Å². The van der Waals surface area contributed by atoms with E-state index in [4.69, 9.17) is 5.73 Å². The lowest BCUT2D eigenvalue weighted by atomic mass is 10.00. The van der Waals surface area contributed by atoms with E-state index in [0.717, 1.165) is 5.56 Å². The molecular formula is C16H18N2O2. The van der Waals surface area contributed by atoms with E-state index in [1.807, 2.05) is 30.3 Å². The van der Waals surface area contributed by atoms with Crippen molar-refractivity contribution in [2.75, 3.05) is 0 Å². The third kappa shape index (κ3) is 3.22. The zero-order chi connectivity index (χ0) is 14.8. The maximum Gasteiger partial charge on any atom is 0.250 e. The van der Waals surface area contributed by atoms with E-state index in [1.54, 1.807) is 26.0 Å². The lowest BCUT2D eigenvalue weighted by Gasteiger charge is -2.18. The van der Waals surface area contributed by atoms with Crippen LogP contribution in [0.2, 0.25) is 0 Å². The number of aromatic nitrogens is 1. The molecule has 0 unspecified atom stereocenters. The quantitative estimate of drug-likeness (QED) is 0.892. The van der Waals surface area contributed by atoms with Gasteiger partial charge in [-0.1, -0.05) is 30.3 Å². The number of hydrogen-bond acceptors (Lipinski definition) is 3. The number of primary amides is 1. The van der Waals surface area contributed by atoms with Crippen LogP contribution in [0.15, 0.2) is 42.5 Å². The van der Waals surface area contributed by atoms with Gasteiger partial charge in [0.2, 0.25) is 0 Å².